The first-order chi connectivity index (χ1) is 7.31. The minimum absolute atomic E-state index is 0.290. The Morgan fingerprint density at radius 1 is 1.27 bits per heavy atom. The van der Waals surface area contributed by atoms with Crippen LogP contribution < -0.4 is 0 Å². The first-order valence-electron chi connectivity index (χ1n) is 4.38. The van der Waals surface area contributed by atoms with E-state index >= 15 is 0 Å². The molecule has 4 nitrogen and oxygen atoms in total. The summed E-state index contributed by atoms with van der Waals surface area (Å²) in [5.74, 6) is 0.480. The van der Waals surface area contributed by atoms with Gasteiger partial charge in [0.2, 0.25) is 0 Å². The summed E-state index contributed by atoms with van der Waals surface area (Å²) in [5.41, 5.74) is 1.00. The van der Waals surface area contributed by atoms with Crippen LogP contribution in [0.1, 0.15) is 17.6 Å². The Balaban J connectivity index is 2.33. The third-order valence-electron chi connectivity index (χ3n) is 1.98. The van der Waals surface area contributed by atoms with Crippen LogP contribution in [0.5, 0.6) is 0 Å². The third-order valence-corrected chi connectivity index (χ3v) is 2.41. The summed E-state index contributed by atoms with van der Waals surface area (Å²) in [4.78, 5) is 0. The van der Waals surface area contributed by atoms with Crippen LogP contribution in [0.25, 0.3) is 0 Å². The first-order valence-corrected chi connectivity index (χ1v) is 5.46. The lowest BCUT2D eigenvalue weighted by Crippen LogP contribution is -2.03. The van der Waals surface area contributed by atoms with Crippen molar-refractivity contribution in [1.29, 1.82) is 0 Å². The van der Waals surface area contributed by atoms with Gasteiger partial charge in [0, 0.05) is 29.7 Å². The zero-order valence-corrected chi connectivity index (χ0v) is 10.2. The van der Waals surface area contributed by atoms with Crippen molar-refractivity contribution in [2.45, 2.75) is 6.10 Å². The Morgan fingerprint density at radius 2 is 2.00 bits per heavy atom. The van der Waals surface area contributed by atoms with Crippen molar-refractivity contribution in [2.24, 2.45) is 0 Å². The first kappa shape index (κ1) is 10.6. The molecule has 0 fully saturated rings. The molecule has 1 aromatic heterocycles. The highest BCUT2D eigenvalue weighted by molar-refractivity contribution is 14.1. The fourth-order valence-corrected chi connectivity index (χ4v) is 1.66. The predicted octanol–water partition coefficient (Wildman–Crippen LogP) is 2.41. The average Bonchev–Trinajstić information content (AvgIpc) is 2.68. The Kier molecular flexibility index (Phi) is 3.32. The summed E-state index contributed by atoms with van der Waals surface area (Å²) in [7, 11) is 1.62. The van der Waals surface area contributed by atoms with E-state index < -0.39 is 0 Å². The Hall–Kier alpha value is -0.950. The molecule has 0 bridgehead atoms. The second-order valence-electron chi connectivity index (χ2n) is 2.92. The van der Waals surface area contributed by atoms with Gasteiger partial charge < -0.3 is 9.15 Å². The van der Waals surface area contributed by atoms with Crippen molar-refractivity contribution in [1.82, 2.24) is 10.2 Å². The minimum atomic E-state index is -0.290. The van der Waals surface area contributed by atoms with Crippen molar-refractivity contribution < 1.29 is 9.15 Å². The molecule has 5 heteroatoms. The van der Waals surface area contributed by atoms with Crippen LogP contribution in [-0.2, 0) is 4.74 Å². The summed E-state index contributed by atoms with van der Waals surface area (Å²) >= 11 is 1.97. The van der Waals surface area contributed by atoms with E-state index in [0.29, 0.717) is 9.79 Å². The topological polar surface area (TPSA) is 48.2 Å². The highest BCUT2D eigenvalue weighted by Crippen LogP contribution is 2.23. The predicted molar refractivity (Wildman–Crippen MR) is 62.3 cm³/mol. The molecule has 15 heavy (non-hydrogen) atoms. The average molecular weight is 316 g/mol. The largest absolute Gasteiger partial charge is 0.413 e. The van der Waals surface area contributed by atoms with Crippen LogP contribution in [-0.4, -0.2) is 17.3 Å². The summed E-state index contributed by atoms with van der Waals surface area (Å²) in [5, 5.41) is 7.72. The van der Waals surface area contributed by atoms with Crippen LogP contribution in [0.4, 0.5) is 0 Å². The van der Waals surface area contributed by atoms with Crippen LogP contribution in [0.15, 0.2) is 34.7 Å². The van der Waals surface area contributed by atoms with E-state index in [1.54, 1.807) is 7.11 Å². The van der Waals surface area contributed by atoms with E-state index in [0.717, 1.165) is 5.56 Å². The smallest absolute Gasteiger partial charge is 0.278 e. The standard InChI is InChI=1S/C10H9IN2O2/c1-14-8(7-5-3-2-4-6-7)9-12-13-10(11)15-9/h2-6,8H,1H3. The Bertz CT molecular complexity index is 430. The molecule has 0 aliphatic carbocycles. The van der Waals surface area contributed by atoms with Gasteiger partial charge in [-0.25, -0.2) is 0 Å². The molecule has 1 atom stereocenters. The molecule has 0 N–H and O–H groups in total. The molecule has 0 spiro atoms. The number of hydrogen-bond acceptors (Lipinski definition) is 4. The minimum Gasteiger partial charge on any atom is -0.413 e. The lowest BCUT2D eigenvalue weighted by molar-refractivity contribution is 0.110. The zero-order chi connectivity index (χ0) is 10.7. The third kappa shape index (κ3) is 2.35. The van der Waals surface area contributed by atoms with Gasteiger partial charge in [0.25, 0.3) is 9.79 Å². The molecule has 1 unspecified atom stereocenters. The zero-order valence-electron chi connectivity index (χ0n) is 8.05. The molecule has 0 aliphatic rings. The van der Waals surface area contributed by atoms with Gasteiger partial charge in [0.15, 0.2) is 6.10 Å². The van der Waals surface area contributed by atoms with E-state index in [2.05, 4.69) is 10.2 Å². The van der Waals surface area contributed by atoms with Gasteiger partial charge in [-0.3, -0.25) is 0 Å². The lowest BCUT2D eigenvalue weighted by Gasteiger charge is -2.10. The van der Waals surface area contributed by atoms with Gasteiger partial charge in [-0.1, -0.05) is 30.3 Å². The number of aromatic nitrogens is 2. The molecule has 0 saturated carbocycles. The normalized spacial score (nSPS) is 12.7. The molecule has 1 heterocycles. The van der Waals surface area contributed by atoms with Crippen molar-refractivity contribution in [3.63, 3.8) is 0 Å². The van der Waals surface area contributed by atoms with Crippen molar-refractivity contribution in [3.8, 4) is 0 Å². The van der Waals surface area contributed by atoms with Gasteiger partial charge in [-0.15, -0.1) is 10.2 Å². The molecule has 0 amide bonds. The van der Waals surface area contributed by atoms with Crippen molar-refractivity contribution in [2.75, 3.05) is 7.11 Å². The highest BCUT2D eigenvalue weighted by atomic mass is 127. The van der Waals surface area contributed by atoms with Crippen LogP contribution >= 0.6 is 22.6 Å². The maximum Gasteiger partial charge on any atom is 0.278 e. The maximum atomic E-state index is 5.34. The van der Waals surface area contributed by atoms with Crippen molar-refractivity contribution in [3.05, 3.63) is 45.7 Å². The lowest BCUT2D eigenvalue weighted by atomic mass is 10.1. The van der Waals surface area contributed by atoms with Crippen molar-refractivity contribution >= 4 is 22.6 Å². The number of ether oxygens (including phenoxy) is 1. The van der Waals surface area contributed by atoms with E-state index in [4.69, 9.17) is 9.15 Å². The molecule has 2 rings (SSSR count). The van der Waals surface area contributed by atoms with Gasteiger partial charge in [0.05, 0.1) is 0 Å². The number of methoxy groups -OCH3 is 1. The van der Waals surface area contributed by atoms with E-state index in [-0.39, 0.29) is 6.10 Å². The van der Waals surface area contributed by atoms with Gasteiger partial charge in [-0.05, 0) is 5.56 Å². The van der Waals surface area contributed by atoms with Gasteiger partial charge in [0.1, 0.15) is 0 Å². The quantitative estimate of drug-likeness (QED) is 0.816. The van der Waals surface area contributed by atoms with E-state index in [1.165, 1.54) is 0 Å². The number of nitrogens with zero attached hydrogens (tertiary/aromatic N) is 2. The SMILES string of the molecule is COC(c1ccccc1)c1nnc(I)o1. The number of halogens is 1. The highest BCUT2D eigenvalue weighted by Gasteiger charge is 2.19. The number of rotatable bonds is 3. The second-order valence-corrected chi connectivity index (χ2v) is 3.84. The summed E-state index contributed by atoms with van der Waals surface area (Å²) in [6, 6.07) is 9.77. The molecule has 2 aromatic rings. The maximum absolute atomic E-state index is 5.34. The monoisotopic (exact) mass is 316 g/mol. The molecule has 0 radical (unpaired) electrons. The fraction of sp³-hybridized carbons (Fsp3) is 0.200. The van der Waals surface area contributed by atoms with E-state index in [9.17, 15) is 0 Å². The van der Waals surface area contributed by atoms with E-state index in [1.807, 2.05) is 52.9 Å². The van der Waals surface area contributed by atoms with Crippen LogP contribution in [0.3, 0.4) is 0 Å². The summed E-state index contributed by atoms with van der Waals surface area (Å²) < 4.78 is 11.2. The molecule has 1 aromatic carbocycles. The van der Waals surface area contributed by atoms with Gasteiger partial charge >= 0.3 is 0 Å². The molecule has 78 valence electrons. The molecular formula is C10H9IN2O2. The number of hydrogen-bond donors (Lipinski definition) is 0. The van der Waals surface area contributed by atoms with Gasteiger partial charge in [-0.2, -0.15) is 0 Å². The number of benzene rings is 1. The summed E-state index contributed by atoms with van der Waals surface area (Å²) in [6.07, 6.45) is -0.290. The van der Waals surface area contributed by atoms with Crippen LogP contribution in [0.2, 0.25) is 0 Å². The Morgan fingerprint density at radius 3 is 2.53 bits per heavy atom. The second kappa shape index (κ2) is 4.71. The summed E-state index contributed by atoms with van der Waals surface area (Å²) in [6.45, 7) is 0. The fourth-order valence-electron chi connectivity index (χ4n) is 1.33. The molecular weight excluding hydrogens is 307 g/mol. The molecule has 0 aliphatic heterocycles. The van der Waals surface area contributed by atoms with Crippen LogP contribution in [0, 0.1) is 3.90 Å². The Labute approximate surface area is 101 Å². The molecule has 0 saturated heterocycles.